The van der Waals surface area contributed by atoms with Gasteiger partial charge in [0.1, 0.15) is 6.10 Å². The summed E-state index contributed by atoms with van der Waals surface area (Å²) < 4.78 is 5.75. The first-order valence-electron chi connectivity index (χ1n) is 6.07. The van der Waals surface area contributed by atoms with Gasteiger partial charge >= 0.3 is 0 Å². The van der Waals surface area contributed by atoms with Crippen molar-refractivity contribution in [2.24, 2.45) is 0 Å². The molecule has 1 heterocycles. The molecule has 3 heteroatoms. The molecule has 1 aliphatic heterocycles. The third-order valence-corrected chi connectivity index (χ3v) is 3.23. The Labute approximate surface area is 101 Å². The summed E-state index contributed by atoms with van der Waals surface area (Å²) in [4.78, 5) is 10.6. The maximum atomic E-state index is 5.75. The van der Waals surface area contributed by atoms with E-state index in [1.807, 2.05) is 25.1 Å². The van der Waals surface area contributed by atoms with Gasteiger partial charge in [-0.05, 0) is 30.9 Å². The summed E-state index contributed by atoms with van der Waals surface area (Å²) in [5.41, 5.74) is 2.36. The van der Waals surface area contributed by atoms with E-state index in [1.54, 1.807) is 0 Å². The molecule has 0 spiro atoms. The quantitative estimate of drug-likeness (QED) is 0.697. The third-order valence-electron chi connectivity index (χ3n) is 3.23. The second-order valence-corrected chi connectivity index (χ2v) is 4.46. The maximum Gasteiger partial charge on any atom is 0.188 e. The molecule has 1 fully saturated rings. The van der Waals surface area contributed by atoms with E-state index in [1.165, 1.54) is 11.1 Å². The Bertz CT molecular complexity index is 413. The fourth-order valence-corrected chi connectivity index (χ4v) is 2.44. The lowest BCUT2D eigenvalue weighted by atomic mass is 9.89. The molecule has 0 radical (unpaired) electrons. The summed E-state index contributed by atoms with van der Waals surface area (Å²) in [6.45, 7) is 1.86. The molecule has 2 aliphatic rings. The van der Waals surface area contributed by atoms with E-state index in [0.29, 0.717) is 0 Å². The lowest BCUT2D eigenvalue weighted by Gasteiger charge is -2.37. The molecule has 17 heavy (non-hydrogen) atoms. The summed E-state index contributed by atoms with van der Waals surface area (Å²) in [7, 11) is 0. The first-order chi connectivity index (χ1) is 8.34. The van der Waals surface area contributed by atoms with Crippen molar-refractivity contribution in [1.82, 2.24) is 0 Å². The van der Waals surface area contributed by atoms with E-state index in [-0.39, 0.29) is 18.5 Å². The molecule has 0 saturated carbocycles. The van der Waals surface area contributed by atoms with Crippen molar-refractivity contribution >= 4 is 5.57 Å². The molecule has 1 aromatic rings. The van der Waals surface area contributed by atoms with E-state index < -0.39 is 0 Å². The first-order valence-corrected chi connectivity index (χ1v) is 6.07. The smallest absolute Gasteiger partial charge is 0.188 e. The highest BCUT2D eigenvalue weighted by Gasteiger charge is 2.36. The van der Waals surface area contributed by atoms with Crippen molar-refractivity contribution < 1.29 is 14.5 Å². The molecular weight excluding hydrogens is 216 g/mol. The van der Waals surface area contributed by atoms with Gasteiger partial charge in [-0.1, -0.05) is 36.4 Å². The molecule has 1 unspecified atom stereocenters. The molecule has 0 bridgehead atoms. The second-order valence-electron chi connectivity index (χ2n) is 4.46. The summed E-state index contributed by atoms with van der Waals surface area (Å²) in [5.74, 6) is 0. The second kappa shape index (κ2) is 4.61. The van der Waals surface area contributed by atoms with Gasteiger partial charge in [0, 0.05) is 0 Å². The zero-order valence-corrected chi connectivity index (χ0v) is 9.84. The van der Waals surface area contributed by atoms with Gasteiger partial charge in [-0.3, -0.25) is 0 Å². The number of benzene rings is 1. The molecule has 3 nitrogen and oxygen atoms in total. The van der Waals surface area contributed by atoms with Crippen LogP contribution in [0.25, 0.3) is 5.57 Å². The Hall–Kier alpha value is -1.16. The van der Waals surface area contributed by atoms with Crippen molar-refractivity contribution in [2.45, 2.75) is 38.3 Å². The topological polar surface area (TPSA) is 27.7 Å². The van der Waals surface area contributed by atoms with Crippen LogP contribution >= 0.6 is 0 Å². The van der Waals surface area contributed by atoms with E-state index >= 15 is 0 Å². The van der Waals surface area contributed by atoms with E-state index in [0.717, 1.165) is 12.8 Å². The fourth-order valence-electron chi connectivity index (χ4n) is 2.44. The van der Waals surface area contributed by atoms with Crippen molar-refractivity contribution in [3.05, 3.63) is 42.0 Å². The minimum atomic E-state index is -0.272. The molecule has 3 atom stereocenters. The van der Waals surface area contributed by atoms with Crippen molar-refractivity contribution in [3.8, 4) is 0 Å². The Kier molecular flexibility index (Phi) is 2.97. The number of hydrogen-bond donors (Lipinski definition) is 0. The van der Waals surface area contributed by atoms with Crippen LogP contribution in [0.2, 0.25) is 0 Å². The van der Waals surface area contributed by atoms with E-state index in [9.17, 15) is 0 Å². The monoisotopic (exact) mass is 232 g/mol. The van der Waals surface area contributed by atoms with Gasteiger partial charge in [0.25, 0.3) is 0 Å². The SMILES string of the molecule is CC1OO[C@H]2C(c3ccccc3)=CCC[C@@H]2O1. The van der Waals surface area contributed by atoms with Crippen LogP contribution in [0.3, 0.4) is 0 Å². The van der Waals surface area contributed by atoms with Crippen molar-refractivity contribution in [2.75, 3.05) is 0 Å². The molecule has 0 N–H and O–H groups in total. The maximum absolute atomic E-state index is 5.75. The van der Waals surface area contributed by atoms with Crippen LogP contribution in [0.1, 0.15) is 25.3 Å². The summed E-state index contributed by atoms with van der Waals surface area (Å²) >= 11 is 0. The Balaban J connectivity index is 1.88. The van der Waals surface area contributed by atoms with Crippen LogP contribution in [0.15, 0.2) is 36.4 Å². The van der Waals surface area contributed by atoms with Crippen LogP contribution < -0.4 is 0 Å². The lowest BCUT2D eigenvalue weighted by molar-refractivity contribution is -0.443. The summed E-state index contributed by atoms with van der Waals surface area (Å²) in [5, 5.41) is 0. The highest BCUT2D eigenvalue weighted by Crippen LogP contribution is 2.34. The van der Waals surface area contributed by atoms with Gasteiger partial charge in [0.2, 0.25) is 0 Å². The highest BCUT2D eigenvalue weighted by molar-refractivity contribution is 5.70. The fraction of sp³-hybridized carbons (Fsp3) is 0.429. The van der Waals surface area contributed by atoms with Crippen LogP contribution in [0, 0.1) is 0 Å². The molecule has 1 saturated heterocycles. The zero-order chi connectivity index (χ0) is 11.7. The molecule has 1 aromatic carbocycles. The number of hydrogen-bond acceptors (Lipinski definition) is 3. The summed E-state index contributed by atoms with van der Waals surface area (Å²) in [6, 6.07) is 10.3. The molecule has 0 aromatic heterocycles. The normalized spacial score (nSPS) is 32.8. The van der Waals surface area contributed by atoms with Crippen molar-refractivity contribution in [1.29, 1.82) is 0 Å². The number of allylic oxidation sites excluding steroid dienone is 1. The van der Waals surface area contributed by atoms with Crippen LogP contribution in [0.4, 0.5) is 0 Å². The van der Waals surface area contributed by atoms with Crippen molar-refractivity contribution in [3.63, 3.8) is 0 Å². The average molecular weight is 232 g/mol. The third kappa shape index (κ3) is 2.14. The molecular formula is C14H16O3. The number of rotatable bonds is 1. The van der Waals surface area contributed by atoms with Gasteiger partial charge in [0.15, 0.2) is 6.29 Å². The molecule has 90 valence electrons. The van der Waals surface area contributed by atoms with Gasteiger partial charge in [0.05, 0.1) is 6.10 Å². The predicted octanol–water partition coefficient (Wildman–Crippen LogP) is 2.93. The van der Waals surface area contributed by atoms with E-state index in [2.05, 4.69) is 18.2 Å². The Morgan fingerprint density at radius 2 is 1.94 bits per heavy atom. The van der Waals surface area contributed by atoms with Gasteiger partial charge < -0.3 is 4.74 Å². The van der Waals surface area contributed by atoms with Crippen LogP contribution in [-0.2, 0) is 14.5 Å². The summed E-state index contributed by atoms with van der Waals surface area (Å²) in [6.07, 6.45) is 3.99. The minimum absolute atomic E-state index is 0.0950. The minimum Gasteiger partial charge on any atom is -0.343 e. The Morgan fingerprint density at radius 3 is 2.76 bits per heavy atom. The molecule has 1 aliphatic carbocycles. The van der Waals surface area contributed by atoms with Gasteiger partial charge in [-0.2, -0.15) is 0 Å². The predicted molar refractivity (Wildman–Crippen MR) is 63.9 cm³/mol. The molecule has 3 rings (SSSR count). The molecule has 0 amide bonds. The van der Waals surface area contributed by atoms with Crippen LogP contribution in [0.5, 0.6) is 0 Å². The van der Waals surface area contributed by atoms with E-state index in [4.69, 9.17) is 14.5 Å². The first kappa shape index (κ1) is 11.0. The largest absolute Gasteiger partial charge is 0.343 e. The lowest BCUT2D eigenvalue weighted by Crippen LogP contribution is -2.43. The average Bonchev–Trinajstić information content (AvgIpc) is 2.39. The standard InChI is InChI=1S/C14H16O3/c1-10-15-13-9-5-8-12(14(13)17-16-10)11-6-3-2-4-7-11/h2-4,6-8,10,13-14H,5,9H2,1H3/t10?,13-,14-/m0/s1. The van der Waals surface area contributed by atoms with Gasteiger partial charge in [-0.25, -0.2) is 9.78 Å². The zero-order valence-electron chi connectivity index (χ0n) is 9.84. The number of ether oxygens (including phenoxy) is 1. The number of fused-ring (bicyclic) bond motifs is 1. The Morgan fingerprint density at radius 1 is 1.12 bits per heavy atom. The highest BCUT2D eigenvalue weighted by atomic mass is 17.2. The van der Waals surface area contributed by atoms with Gasteiger partial charge in [-0.15, -0.1) is 0 Å². The van der Waals surface area contributed by atoms with Crippen LogP contribution in [-0.4, -0.2) is 18.5 Å².